The highest BCUT2D eigenvalue weighted by Crippen LogP contribution is 2.30. The maximum Gasteiger partial charge on any atom is 0.250 e. The second-order valence-corrected chi connectivity index (χ2v) is 7.02. The smallest absolute Gasteiger partial charge is 0.250 e. The van der Waals surface area contributed by atoms with Crippen LogP contribution in [0.4, 0.5) is 0 Å². The number of rotatable bonds is 5. The topological polar surface area (TPSA) is 54.1 Å². The van der Waals surface area contributed by atoms with Gasteiger partial charge < -0.3 is 4.98 Å². The molecule has 0 saturated carbocycles. The van der Waals surface area contributed by atoms with E-state index in [0.717, 1.165) is 32.9 Å². The number of hydroxylamine groups is 1. The minimum absolute atomic E-state index is 0.176. The second-order valence-electron chi connectivity index (χ2n) is 6.58. The molecular weight excluding hydrogens is 360 g/mol. The van der Waals surface area contributed by atoms with Crippen LogP contribution in [0.5, 0.6) is 0 Å². The average molecular weight is 379 g/mol. The van der Waals surface area contributed by atoms with E-state index in [1.165, 1.54) is 0 Å². The summed E-state index contributed by atoms with van der Waals surface area (Å²) in [6.45, 7) is 2.20. The highest BCUT2D eigenvalue weighted by Gasteiger charge is 2.17. The highest BCUT2D eigenvalue weighted by molar-refractivity contribution is 6.31. The van der Waals surface area contributed by atoms with E-state index in [-0.39, 0.29) is 11.8 Å². The Balaban J connectivity index is 1.49. The van der Waals surface area contributed by atoms with E-state index >= 15 is 0 Å². The van der Waals surface area contributed by atoms with Gasteiger partial charge in [0.1, 0.15) is 0 Å². The van der Waals surface area contributed by atoms with Crippen LogP contribution in [0.2, 0.25) is 5.02 Å². The van der Waals surface area contributed by atoms with Crippen LogP contribution >= 0.6 is 11.6 Å². The number of hydrogen-bond donors (Lipinski definition) is 2. The number of carbonyl (C=O) groups is 1. The standard InChI is InChI=1S/C22H19ClN2O2/c1-14(22(26)25-27-13-15-5-3-2-4-6-15)16-7-9-18-19-12-17(23)8-10-20(19)24-21(18)11-16/h2-12,14,24H,13H2,1H3,(H,25,26). The van der Waals surface area contributed by atoms with Gasteiger partial charge in [-0.15, -0.1) is 0 Å². The van der Waals surface area contributed by atoms with Crippen LogP contribution < -0.4 is 5.48 Å². The fraction of sp³-hybridized carbons (Fsp3) is 0.136. The number of benzene rings is 3. The third-order valence-electron chi connectivity index (χ3n) is 4.73. The molecule has 4 aromatic rings. The van der Waals surface area contributed by atoms with E-state index in [0.29, 0.717) is 11.6 Å². The van der Waals surface area contributed by atoms with Crippen LogP contribution in [0.3, 0.4) is 0 Å². The SMILES string of the molecule is CC(C(=O)NOCc1ccccc1)c1ccc2c(c1)[nH]c1ccc(Cl)cc12. The number of halogens is 1. The summed E-state index contributed by atoms with van der Waals surface area (Å²) in [5.74, 6) is -0.510. The minimum atomic E-state index is -0.333. The first-order valence-corrected chi connectivity index (χ1v) is 9.16. The van der Waals surface area contributed by atoms with Gasteiger partial charge in [-0.05, 0) is 42.3 Å². The van der Waals surface area contributed by atoms with Crippen molar-refractivity contribution in [3.63, 3.8) is 0 Å². The number of hydrogen-bond acceptors (Lipinski definition) is 2. The summed E-state index contributed by atoms with van der Waals surface area (Å²) in [6.07, 6.45) is 0. The number of aromatic amines is 1. The molecule has 136 valence electrons. The Bertz CT molecular complexity index is 1110. The van der Waals surface area contributed by atoms with Crippen LogP contribution in [0.1, 0.15) is 24.0 Å². The summed E-state index contributed by atoms with van der Waals surface area (Å²) in [5.41, 5.74) is 6.47. The van der Waals surface area contributed by atoms with Crippen molar-refractivity contribution >= 4 is 39.3 Å². The van der Waals surface area contributed by atoms with Gasteiger partial charge in [-0.1, -0.05) is 54.1 Å². The zero-order valence-corrected chi connectivity index (χ0v) is 15.6. The van der Waals surface area contributed by atoms with Crippen molar-refractivity contribution in [2.75, 3.05) is 0 Å². The summed E-state index contributed by atoms with van der Waals surface area (Å²) >= 11 is 6.11. The van der Waals surface area contributed by atoms with Crippen LogP contribution in [0, 0.1) is 0 Å². The van der Waals surface area contributed by atoms with E-state index in [4.69, 9.17) is 16.4 Å². The fourth-order valence-electron chi connectivity index (χ4n) is 3.17. The van der Waals surface area contributed by atoms with Crippen molar-refractivity contribution in [2.45, 2.75) is 19.4 Å². The second kappa shape index (κ2) is 7.43. The first-order chi connectivity index (χ1) is 13.1. The summed E-state index contributed by atoms with van der Waals surface area (Å²) in [7, 11) is 0. The Morgan fingerprint density at radius 2 is 1.85 bits per heavy atom. The first-order valence-electron chi connectivity index (χ1n) is 8.78. The van der Waals surface area contributed by atoms with Crippen molar-refractivity contribution in [3.05, 3.63) is 82.9 Å². The van der Waals surface area contributed by atoms with Gasteiger partial charge in [-0.3, -0.25) is 9.63 Å². The van der Waals surface area contributed by atoms with Gasteiger partial charge in [0.05, 0.1) is 12.5 Å². The zero-order valence-electron chi connectivity index (χ0n) is 14.8. The molecular formula is C22H19ClN2O2. The van der Waals surface area contributed by atoms with Crippen LogP contribution in [0.25, 0.3) is 21.8 Å². The Morgan fingerprint density at radius 1 is 1.04 bits per heavy atom. The highest BCUT2D eigenvalue weighted by atomic mass is 35.5. The molecule has 2 N–H and O–H groups in total. The molecule has 1 aromatic heterocycles. The lowest BCUT2D eigenvalue weighted by Gasteiger charge is -2.12. The fourth-order valence-corrected chi connectivity index (χ4v) is 3.34. The third kappa shape index (κ3) is 3.68. The van der Waals surface area contributed by atoms with Gasteiger partial charge in [0.25, 0.3) is 5.91 Å². The monoisotopic (exact) mass is 378 g/mol. The van der Waals surface area contributed by atoms with E-state index < -0.39 is 0 Å². The van der Waals surface area contributed by atoms with Gasteiger partial charge in [-0.25, -0.2) is 5.48 Å². The number of carbonyl (C=O) groups excluding carboxylic acids is 1. The van der Waals surface area contributed by atoms with Crippen molar-refractivity contribution in [2.24, 2.45) is 0 Å². The van der Waals surface area contributed by atoms with E-state index in [9.17, 15) is 4.79 Å². The molecule has 0 aliphatic rings. The molecule has 0 saturated heterocycles. The van der Waals surface area contributed by atoms with Crippen LogP contribution in [0.15, 0.2) is 66.7 Å². The van der Waals surface area contributed by atoms with E-state index in [2.05, 4.69) is 10.5 Å². The normalized spacial score (nSPS) is 12.4. The average Bonchev–Trinajstić information content (AvgIpc) is 3.05. The molecule has 0 aliphatic heterocycles. The molecule has 4 nitrogen and oxygen atoms in total. The predicted octanol–water partition coefficient (Wildman–Crippen LogP) is 5.33. The van der Waals surface area contributed by atoms with E-state index in [1.807, 2.05) is 73.7 Å². The number of amides is 1. The summed E-state index contributed by atoms with van der Waals surface area (Å²) < 4.78 is 0. The molecule has 0 spiro atoms. The third-order valence-corrected chi connectivity index (χ3v) is 4.97. The molecule has 0 fully saturated rings. The van der Waals surface area contributed by atoms with Crippen molar-refractivity contribution in [1.29, 1.82) is 0 Å². The summed E-state index contributed by atoms with van der Waals surface area (Å²) in [6, 6.07) is 21.5. The molecule has 1 unspecified atom stereocenters. The quantitative estimate of drug-likeness (QED) is 0.461. The Labute approximate surface area is 162 Å². The molecule has 0 aliphatic carbocycles. The molecule has 1 heterocycles. The van der Waals surface area contributed by atoms with Gasteiger partial charge in [0, 0.05) is 26.8 Å². The van der Waals surface area contributed by atoms with E-state index in [1.54, 1.807) is 0 Å². The van der Waals surface area contributed by atoms with Crippen LogP contribution in [-0.4, -0.2) is 10.9 Å². The molecule has 27 heavy (non-hydrogen) atoms. The van der Waals surface area contributed by atoms with Gasteiger partial charge in [0.15, 0.2) is 0 Å². The summed E-state index contributed by atoms with van der Waals surface area (Å²) in [4.78, 5) is 21.2. The lowest BCUT2D eigenvalue weighted by atomic mass is 9.99. The molecule has 1 atom stereocenters. The van der Waals surface area contributed by atoms with Crippen molar-refractivity contribution in [1.82, 2.24) is 10.5 Å². The zero-order chi connectivity index (χ0) is 18.8. The number of aromatic nitrogens is 1. The molecule has 3 aromatic carbocycles. The maximum atomic E-state index is 12.4. The maximum absolute atomic E-state index is 12.4. The van der Waals surface area contributed by atoms with Gasteiger partial charge in [-0.2, -0.15) is 0 Å². The van der Waals surface area contributed by atoms with Crippen LogP contribution in [-0.2, 0) is 16.2 Å². The Hall–Kier alpha value is -2.82. The Kier molecular flexibility index (Phi) is 4.84. The van der Waals surface area contributed by atoms with Gasteiger partial charge in [0.2, 0.25) is 0 Å². The number of H-pyrrole nitrogens is 1. The predicted molar refractivity (Wildman–Crippen MR) is 109 cm³/mol. The molecule has 5 heteroatoms. The van der Waals surface area contributed by atoms with Gasteiger partial charge >= 0.3 is 0 Å². The lowest BCUT2D eigenvalue weighted by Crippen LogP contribution is -2.28. The number of fused-ring (bicyclic) bond motifs is 3. The lowest BCUT2D eigenvalue weighted by molar-refractivity contribution is -0.135. The van der Waals surface area contributed by atoms with Crippen molar-refractivity contribution in [3.8, 4) is 0 Å². The first kappa shape index (κ1) is 17.6. The largest absolute Gasteiger partial charge is 0.355 e. The summed E-state index contributed by atoms with van der Waals surface area (Å²) in [5, 5.41) is 2.87. The molecule has 0 radical (unpaired) electrons. The molecule has 4 rings (SSSR count). The van der Waals surface area contributed by atoms with Crippen molar-refractivity contribution < 1.29 is 9.63 Å². The molecule has 1 amide bonds. The number of nitrogens with one attached hydrogen (secondary N) is 2. The minimum Gasteiger partial charge on any atom is -0.355 e. The Morgan fingerprint density at radius 3 is 2.67 bits per heavy atom. The molecule has 0 bridgehead atoms.